The van der Waals surface area contributed by atoms with Gasteiger partial charge in [-0.05, 0) is 61.2 Å². The number of carbonyl (C=O) groups is 1. The highest BCUT2D eigenvalue weighted by Gasteiger charge is 2.25. The van der Waals surface area contributed by atoms with Crippen molar-refractivity contribution in [3.05, 3.63) is 59.8 Å². The smallest absolute Gasteiger partial charge is 0.253 e. The van der Waals surface area contributed by atoms with Crippen molar-refractivity contribution in [3.8, 4) is 0 Å². The van der Waals surface area contributed by atoms with Crippen molar-refractivity contribution in [3.63, 3.8) is 0 Å². The molecule has 0 bridgehead atoms. The fourth-order valence-electron chi connectivity index (χ4n) is 4.61. The SMILES string of the molecule is N[C@H]1CCCCC1Nc1cc2c(c(Nc3ccc4ncccc4c3)c1)C(=O)NCC2. The minimum absolute atomic E-state index is 0.0258. The lowest BCUT2D eigenvalue weighted by Crippen LogP contribution is -2.42. The van der Waals surface area contributed by atoms with Crippen LogP contribution in [-0.2, 0) is 6.42 Å². The number of anilines is 3. The highest BCUT2D eigenvalue weighted by molar-refractivity contribution is 6.03. The Morgan fingerprint density at radius 1 is 1.07 bits per heavy atom. The predicted octanol–water partition coefficient (Wildman–Crippen LogP) is 3.95. The molecule has 6 heteroatoms. The number of nitrogens with zero attached hydrogens (tertiary/aromatic N) is 1. The van der Waals surface area contributed by atoms with Gasteiger partial charge in [0, 0.05) is 41.6 Å². The first-order valence-electron chi connectivity index (χ1n) is 10.8. The van der Waals surface area contributed by atoms with Crippen LogP contribution in [0.3, 0.4) is 0 Å². The van der Waals surface area contributed by atoms with Crippen LogP contribution in [0, 0.1) is 0 Å². The van der Waals surface area contributed by atoms with Crippen molar-refractivity contribution in [2.45, 2.75) is 44.2 Å². The number of nitrogens with one attached hydrogen (secondary N) is 3. The fourth-order valence-corrected chi connectivity index (χ4v) is 4.61. The van der Waals surface area contributed by atoms with E-state index in [4.69, 9.17) is 5.73 Å². The average molecular weight is 402 g/mol. The Morgan fingerprint density at radius 3 is 2.87 bits per heavy atom. The molecule has 2 aromatic carbocycles. The molecule has 1 fully saturated rings. The second-order valence-corrected chi connectivity index (χ2v) is 8.30. The van der Waals surface area contributed by atoms with Gasteiger partial charge in [0.1, 0.15) is 0 Å². The maximum Gasteiger partial charge on any atom is 0.253 e. The van der Waals surface area contributed by atoms with Crippen molar-refractivity contribution in [2.75, 3.05) is 17.2 Å². The van der Waals surface area contributed by atoms with E-state index in [-0.39, 0.29) is 18.0 Å². The molecule has 1 aliphatic carbocycles. The molecule has 1 amide bonds. The molecule has 1 aliphatic heterocycles. The van der Waals surface area contributed by atoms with Crippen LogP contribution in [0.4, 0.5) is 17.1 Å². The van der Waals surface area contributed by atoms with Gasteiger partial charge in [0.2, 0.25) is 0 Å². The zero-order valence-electron chi connectivity index (χ0n) is 16.9. The Morgan fingerprint density at radius 2 is 1.97 bits per heavy atom. The third-order valence-electron chi connectivity index (χ3n) is 6.18. The average Bonchev–Trinajstić information content (AvgIpc) is 2.75. The van der Waals surface area contributed by atoms with E-state index >= 15 is 0 Å². The number of hydrogen-bond donors (Lipinski definition) is 4. The fraction of sp³-hybridized carbons (Fsp3) is 0.333. The first-order valence-corrected chi connectivity index (χ1v) is 10.8. The van der Waals surface area contributed by atoms with Gasteiger partial charge in [-0.3, -0.25) is 9.78 Å². The second-order valence-electron chi connectivity index (χ2n) is 8.30. The van der Waals surface area contributed by atoms with Crippen LogP contribution in [-0.4, -0.2) is 29.5 Å². The third kappa shape index (κ3) is 3.71. The predicted molar refractivity (Wildman–Crippen MR) is 121 cm³/mol. The van der Waals surface area contributed by atoms with Crippen molar-refractivity contribution in [1.29, 1.82) is 0 Å². The van der Waals surface area contributed by atoms with E-state index in [1.54, 1.807) is 6.20 Å². The van der Waals surface area contributed by atoms with Gasteiger partial charge < -0.3 is 21.7 Å². The molecule has 1 saturated carbocycles. The number of carbonyl (C=O) groups excluding carboxylic acids is 1. The molecule has 5 N–H and O–H groups in total. The molecule has 1 unspecified atom stereocenters. The molecule has 1 aromatic heterocycles. The van der Waals surface area contributed by atoms with Crippen LogP contribution < -0.4 is 21.7 Å². The number of nitrogens with two attached hydrogens (primary N) is 1. The molecule has 6 nitrogen and oxygen atoms in total. The first kappa shape index (κ1) is 18.9. The number of pyridine rings is 1. The molecule has 5 rings (SSSR count). The highest BCUT2D eigenvalue weighted by atomic mass is 16.1. The zero-order chi connectivity index (χ0) is 20.5. The van der Waals surface area contributed by atoms with Crippen LogP contribution in [0.25, 0.3) is 10.9 Å². The zero-order valence-corrected chi connectivity index (χ0v) is 16.9. The van der Waals surface area contributed by atoms with E-state index in [2.05, 4.69) is 33.1 Å². The van der Waals surface area contributed by atoms with Gasteiger partial charge in [-0.2, -0.15) is 0 Å². The minimum atomic E-state index is -0.0258. The van der Waals surface area contributed by atoms with Crippen molar-refractivity contribution in [1.82, 2.24) is 10.3 Å². The van der Waals surface area contributed by atoms with E-state index in [1.165, 1.54) is 12.8 Å². The lowest BCUT2D eigenvalue weighted by Gasteiger charge is -2.31. The largest absolute Gasteiger partial charge is 0.381 e. The number of aromatic nitrogens is 1. The highest BCUT2D eigenvalue weighted by Crippen LogP contribution is 2.32. The Balaban J connectivity index is 1.50. The lowest BCUT2D eigenvalue weighted by molar-refractivity contribution is 0.0947. The van der Waals surface area contributed by atoms with Crippen molar-refractivity contribution in [2.24, 2.45) is 5.73 Å². The van der Waals surface area contributed by atoms with Crippen LogP contribution in [0.5, 0.6) is 0 Å². The van der Waals surface area contributed by atoms with Crippen molar-refractivity contribution >= 4 is 33.9 Å². The Hall–Kier alpha value is -3.12. The van der Waals surface area contributed by atoms with Crippen LogP contribution in [0.15, 0.2) is 48.7 Å². The summed E-state index contributed by atoms with van der Waals surface area (Å²) in [6, 6.07) is 14.6. The molecule has 154 valence electrons. The maximum atomic E-state index is 12.7. The van der Waals surface area contributed by atoms with E-state index in [0.717, 1.165) is 58.4 Å². The Kier molecular flexibility index (Phi) is 5.01. The maximum absolute atomic E-state index is 12.7. The summed E-state index contributed by atoms with van der Waals surface area (Å²) >= 11 is 0. The molecule has 0 saturated heterocycles. The van der Waals surface area contributed by atoms with Gasteiger partial charge in [0.05, 0.1) is 16.8 Å². The summed E-state index contributed by atoms with van der Waals surface area (Å²) < 4.78 is 0. The molecular formula is C24H27N5O. The summed E-state index contributed by atoms with van der Waals surface area (Å²) in [4.78, 5) is 17.0. The molecule has 3 aromatic rings. The summed E-state index contributed by atoms with van der Waals surface area (Å²) in [7, 11) is 0. The normalized spacial score (nSPS) is 21.0. The van der Waals surface area contributed by atoms with Crippen LogP contribution in [0.1, 0.15) is 41.6 Å². The standard InChI is InChI=1S/C24H27N5O/c25-19-5-1-2-6-21(19)29-18-13-16-9-11-27-24(30)23(16)22(14-18)28-17-7-8-20-15(12-17)4-3-10-26-20/h3-4,7-8,10,12-14,19,21,28-29H,1-2,5-6,9,11,25H2,(H,27,30)/t19-,21?/m0/s1. The third-order valence-corrected chi connectivity index (χ3v) is 6.18. The molecular weight excluding hydrogens is 374 g/mol. The molecule has 2 aliphatic rings. The monoisotopic (exact) mass is 401 g/mol. The van der Waals surface area contributed by atoms with Gasteiger partial charge in [-0.1, -0.05) is 18.9 Å². The number of amides is 1. The number of hydrogen-bond acceptors (Lipinski definition) is 5. The van der Waals surface area contributed by atoms with E-state index in [0.29, 0.717) is 6.54 Å². The molecule has 30 heavy (non-hydrogen) atoms. The van der Waals surface area contributed by atoms with Crippen LogP contribution in [0.2, 0.25) is 0 Å². The quantitative estimate of drug-likeness (QED) is 0.531. The minimum Gasteiger partial charge on any atom is -0.381 e. The Bertz CT molecular complexity index is 1100. The van der Waals surface area contributed by atoms with Crippen molar-refractivity contribution < 1.29 is 4.79 Å². The Labute approximate surface area is 176 Å². The summed E-state index contributed by atoms with van der Waals surface area (Å²) in [6.45, 7) is 0.666. The lowest BCUT2D eigenvalue weighted by atomic mass is 9.90. The van der Waals surface area contributed by atoms with E-state index in [1.807, 2.05) is 30.3 Å². The molecule has 0 radical (unpaired) electrons. The molecule has 2 heterocycles. The van der Waals surface area contributed by atoms with Gasteiger partial charge in [0.25, 0.3) is 5.91 Å². The van der Waals surface area contributed by atoms with Gasteiger partial charge in [-0.15, -0.1) is 0 Å². The number of benzene rings is 2. The van der Waals surface area contributed by atoms with E-state index in [9.17, 15) is 4.79 Å². The topological polar surface area (TPSA) is 92.1 Å². The summed E-state index contributed by atoms with van der Waals surface area (Å²) in [5.74, 6) is -0.0258. The number of rotatable bonds is 4. The summed E-state index contributed by atoms with van der Waals surface area (Å²) in [5.41, 5.74) is 11.9. The second kappa shape index (κ2) is 7.95. The van der Waals surface area contributed by atoms with Crippen LogP contribution >= 0.6 is 0 Å². The molecule has 2 atom stereocenters. The van der Waals surface area contributed by atoms with E-state index < -0.39 is 0 Å². The first-order chi connectivity index (χ1) is 14.7. The molecule has 0 spiro atoms. The number of fused-ring (bicyclic) bond motifs is 2. The summed E-state index contributed by atoms with van der Waals surface area (Å²) in [5, 5.41) is 11.2. The van der Waals surface area contributed by atoms with Gasteiger partial charge in [-0.25, -0.2) is 0 Å². The summed E-state index contributed by atoms with van der Waals surface area (Å²) in [6.07, 6.45) is 7.16. The van der Waals surface area contributed by atoms with Gasteiger partial charge in [0.15, 0.2) is 0 Å². The van der Waals surface area contributed by atoms with Gasteiger partial charge >= 0.3 is 0 Å².